The smallest absolute Gasteiger partial charge is 0.254 e. The molecule has 0 saturated heterocycles. The molecule has 4 rings (SSSR count). The minimum absolute atomic E-state index is 0.107. The Morgan fingerprint density at radius 1 is 1.09 bits per heavy atom. The number of nitrogens with zero attached hydrogens (tertiary/aromatic N) is 4. The van der Waals surface area contributed by atoms with Crippen molar-refractivity contribution in [2.24, 2.45) is 0 Å². The fourth-order valence-corrected chi connectivity index (χ4v) is 4.13. The topological polar surface area (TPSA) is 107 Å². The number of rotatable bonds is 6. The predicted octanol–water partition coefficient (Wildman–Crippen LogP) is 3.75. The minimum atomic E-state index is -3.41. The SMILES string of the molecule is CCC(NC(=O)c1cncc2c1cnn2-c1ccc(Cl)cc1)c1cncc(S(C)(=O)=O)c1. The van der Waals surface area contributed by atoms with Crippen molar-refractivity contribution in [2.75, 3.05) is 6.26 Å². The molecule has 32 heavy (non-hydrogen) atoms. The number of nitrogens with one attached hydrogen (secondary N) is 1. The van der Waals surface area contributed by atoms with E-state index in [0.717, 1.165) is 11.9 Å². The molecule has 0 aliphatic heterocycles. The molecular weight excluding hydrogens is 450 g/mol. The highest BCUT2D eigenvalue weighted by atomic mass is 35.5. The molecule has 3 aromatic heterocycles. The van der Waals surface area contributed by atoms with E-state index in [1.165, 1.54) is 18.5 Å². The molecule has 164 valence electrons. The third-order valence-electron chi connectivity index (χ3n) is 5.09. The Labute approximate surface area is 190 Å². The van der Waals surface area contributed by atoms with Crippen LogP contribution in [0.5, 0.6) is 0 Å². The van der Waals surface area contributed by atoms with Crippen molar-refractivity contribution in [3.05, 3.63) is 77.5 Å². The van der Waals surface area contributed by atoms with Crippen LogP contribution < -0.4 is 5.32 Å². The maximum absolute atomic E-state index is 13.1. The van der Waals surface area contributed by atoms with Gasteiger partial charge >= 0.3 is 0 Å². The lowest BCUT2D eigenvalue weighted by Crippen LogP contribution is -2.28. The van der Waals surface area contributed by atoms with Crippen molar-refractivity contribution >= 4 is 38.2 Å². The summed E-state index contributed by atoms with van der Waals surface area (Å²) >= 11 is 5.97. The Morgan fingerprint density at radius 3 is 2.50 bits per heavy atom. The van der Waals surface area contributed by atoms with Crippen LogP contribution >= 0.6 is 11.6 Å². The zero-order valence-corrected chi connectivity index (χ0v) is 18.9. The number of fused-ring (bicyclic) bond motifs is 1. The Balaban J connectivity index is 1.66. The molecule has 0 aliphatic carbocycles. The number of pyridine rings is 2. The lowest BCUT2D eigenvalue weighted by molar-refractivity contribution is 0.0937. The molecule has 1 unspecified atom stereocenters. The lowest BCUT2D eigenvalue weighted by Gasteiger charge is -2.18. The van der Waals surface area contributed by atoms with Gasteiger partial charge in [-0.25, -0.2) is 13.1 Å². The summed E-state index contributed by atoms with van der Waals surface area (Å²) in [5, 5.41) is 8.63. The van der Waals surface area contributed by atoms with E-state index in [1.807, 2.05) is 19.1 Å². The van der Waals surface area contributed by atoms with Crippen molar-refractivity contribution in [3.63, 3.8) is 0 Å². The van der Waals surface area contributed by atoms with Gasteiger partial charge in [0.25, 0.3) is 5.91 Å². The third-order valence-corrected chi connectivity index (χ3v) is 6.42. The Kier molecular flexibility index (Phi) is 5.94. The molecule has 3 heterocycles. The summed E-state index contributed by atoms with van der Waals surface area (Å²) in [4.78, 5) is 21.5. The van der Waals surface area contributed by atoms with Gasteiger partial charge < -0.3 is 5.32 Å². The summed E-state index contributed by atoms with van der Waals surface area (Å²) in [6.45, 7) is 1.90. The monoisotopic (exact) mass is 469 g/mol. The van der Waals surface area contributed by atoms with Crippen molar-refractivity contribution in [3.8, 4) is 5.69 Å². The van der Waals surface area contributed by atoms with E-state index in [9.17, 15) is 13.2 Å². The number of aromatic nitrogens is 4. The summed E-state index contributed by atoms with van der Waals surface area (Å²) in [6.07, 6.45) is 9.27. The number of halogens is 1. The second kappa shape index (κ2) is 8.68. The van der Waals surface area contributed by atoms with Gasteiger partial charge in [-0.3, -0.25) is 14.8 Å². The van der Waals surface area contributed by atoms with Crippen molar-refractivity contribution in [1.82, 2.24) is 25.1 Å². The lowest BCUT2D eigenvalue weighted by atomic mass is 10.1. The molecule has 10 heteroatoms. The highest BCUT2D eigenvalue weighted by Gasteiger charge is 2.20. The Morgan fingerprint density at radius 2 is 1.81 bits per heavy atom. The van der Waals surface area contributed by atoms with E-state index >= 15 is 0 Å². The van der Waals surface area contributed by atoms with Gasteiger partial charge in [-0.05, 0) is 42.3 Å². The zero-order valence-electron chi connectivity index (χ0n) is 17.4. The molecule has 1 N–H and O–H groups in total. The summed E-state index contributed by atoms with van der Waals surface area (Å²) < 4.78 is 25.4. The van der Waals surface area contributed by atoms with Gasteiger partial charge in [0.2, 0.25) is 0 Å². The van der Waals surface area contributed by atoms with Gasteiger partial charge in [0, 0.05) is 35.3 Å². The molecule has 1 atom stereocenters. The van der Waals surface area contributed by atoms with E-state index in [1.54, 1.807) is 35.4 Å². The highest BCUT2D eigenvalue weighted by Crippen LogP contribution is 2.24. The van der Waals surface area contributed by atoms with E-state index in [-0.39, 0.29) is 10.8 Å². The van der Waals surface area contributed by atoms with Crippen LogP contribution in [0.3, 0.4) is 0 Å². The van der Waals surface area contributed by atoms with E-state index in [4.69, 9.17) is 11.6 Å². The number of carbonyl (C=O) groups is 1. The minimum Gasteiger partial charge on any atom is -0.345 e. The quantitative estimate of drug-likeness (QED) is 0.460. The Hall–Kier alpha value is -3.30. The van der Waals surface area contributed by atoms with Gasteiger partial charge in [0.05, 0.1) is 40.1 Å². The van der Waals surface area contributed by atoms with Crippen LogP contribution in [0.2, 0.25) is 5.02 Å². The highest BCUT2D eigenvalue weighted by molar-refractivity contribution is 7.90. The van der Waals surface area contributed by atoms with Crippen LogP contribution in [-0.2, 0) is 9.84 Å². The fourth-order valence-electron chi connectivity index (χ4n) is 3.40. The second-order valence-electron chi connectivity index (χ2n) is 7.31. The maximum atomic E-state index is 13.1. The summed E-state index contributed by atoms with van der Waals surface area (Å²) in [7, 11) is -3.41. The van der Waals surface area contributed by atoms with Gasteiger partial charge in [-0.2, -0.15) is 5.10 Å². The van der Waals surface area contributed by atoms with Crippen LogP contribution in [0.25, 0.3) is 16.6 Å². The number of sulfone groups is 1. The standard InChI is InChI=1S/C22H20ClN5O3S/c1-3-20(14-8-17(10-24-9-14)32(2,30)31)27-22(29)19-11-25-13-21-18(19)12-26-28(21)16-6-4-15(23)5-7-16/h4-13,20H,3H2,1-2H3,(H,27,29). The van der Waals surface area contributed by atoms with Gasteiger partial charge in [-0.15, -0.1) is 0 Å². The number of amides is 1. The molecule has 0 bridgehead atoms. The first kappa shape index (κ1) is 21.9. The van der Waals surface area contributed by atoms with Crippen LogP contribution in [0.15, 0.2) is 66.2 Å². The largest absolute Gasteiger partial charge is 0.345 e. The molecular formula is C22H20ClN5O3S. The van der Waals surface area contributed by atoms with Crippen molar-refractivity contribution < 1.29 is 13.2 Å². The van der Waals surface area contributed by atoms with Gasteiger partial charge in [0.15, 0.2) is 9.84 Å². The number of benzene rings is 1. The van der Waals surface area contributed by atoms with Crippen molar-refractivity contribution in [2.45, 2.75) is 24.3 Å². The van der Waals surface area contributed by atoms with Crippen LogP contribution in [0, 0.1) is 0 Å². The van der Waals surface area contributed by atoms with Crippen LogP contribution in [-0.4, -0.2) is 40.3 Å². The predicted molar refractivity (Wildman–Crippen MR) is 122 cm³/mol. The van der Waals surface area contributed by atoms with E-state index < -0.39 is 15.9 Å². The molecule has 0 fully saturated rings. The first-order valence-corrected chi connectivity index (χ1v) is 12.1. The zero-order chi connectivity index (χ0) is 22.9. The molecule has 0 aliphatic rings. The summed E-state index contributed by atoms with van der Waals surface area (Å²) in [6, 6.07) is 8.30. The molecule has 0 spiro atoms. The number of carbonyl (C=O) groups excluding carboxylic acids is 1. The molecule has 8 nitrogen and oxygen atoms in total. The first-order valence-electron chi connectivity index (χ1n) is 9.81. The summed E-state index contributed by atoms with van der Waals surface area (Å²) in [5.74, 6) is -0.338. The average Bonchev–Trinajstić information content (AvgIpc) is 3.21. The molecule has 1 aromatic carbocycles. The maximum Gasteiger partial charge on any atom is 0.254 e. The second-order valence-corrected chi connectivity index (χ2v) is 9.77. The number of hydrogen-bond acceptors (Lipinski definition) is 6. The van der Waals surface area contributed by atoms with Crippen molar-refractivity contribution in [1.29, 1.82) is 0 Å². The fraction of sp³-hybridized carbons (Fsp3) is 0.182. The van der Waals surface area contributed by atoms with Crippen LogP contribution in [0.4, 0.5) is 0 Å². The molecule has 1 amide bonds. The first-order chi connectivity index (χ1) is 15.3. The van der Waals surface area contributed by atoms with E-state index in [0.29, 0.717) is 33.5 Å². The summed E-state index contributed by atoms with van der Waals surface area (Å²) in [5.41, 5.74) is 2.45. The van der Waals surface area contributed by atoms with Gasteiger partial charge in [0.1, 0.15) is 0 Å². The van der Waals surface area contributed by atoms with Gasteiger partial charge in [-0.1, -0.05) is 18.5 Å². The average molecular weight is 470 g/mol. The van der Waals surface area contributed by atoms with E-state index in [2.05, 4.69) is 20.4 Å². The normalized spacial score (nSPS) is 12.6. The molecule has 0 radical (unpaired) electrons. The number of hydrogen-bond donors (Lipinski definition) is 1. The Bertz CT molecular complexity index is 1400. The molecule has 4 aromatic rings. The molecule has 0 saturated carbocycles. The third kappa shape index (κ3) is 4.35. The van der Waals surface area contributed by atoms with Crippen LogP contribution in [0.1, 0.15) is 35.3 Å².